The molecular weight excluding hydrogens is 448 g/mol. The summed E-state index contributed by atoms with van der Waals surface area (Å²) in [5.41, 5.74) is 3.28. The minimum absolute atomic E-state index is 0.0563. The molecule has 2 aromatic rings. The van der Waals surface area contributed by atoms with E-state index in [1.807, 2.05) is 48.5 Å². The Morgan fingerprint density at radius 1 is 1.09 bits per heavy atom. The highest BCUT2D eigenvalue weighted by atomic mass is 16.5. The second-order valence-electron chi connectivity index (χ2n) is 8.85. The van der Waals surface area contributed by atoms with Gasteiger partial charge in [-0.3, -0.25) is 9.59 Å². The van der Waals surface area contributed by atoms with E-state index in [0.717, 1.165) is 22.3 Å². The van der Waals surface area contributed by atoms with Gasteiger partial charge in [-0.25, -0.2) is 4.79 Å². The zero-order valence-corrected chi connectivity index (χ0v) is 19.3. The maximum absolute atomic E-state index is 12.8. The lowest BCUT2D eigenvalue weighted by atomic mass is 9.80. The molecule has 1 heterocycles. The summed E-state index contributed by atoms with van der Waals surface area (Å²) >= 11 is 0. The third-order valence-corrected chi connectivity index (χ3v) is 6.78. The highest BCUT2D eigenvalue weighted by molar-refractivity contribution is 5.87. The Hall–Kier alpha value is -3.83. The van der Waals surface area contributed by atoms with Crippen LogP contribution in [0.4, 0.5) is 4.79 Å². The highest BCUT2D eigenvalue weighted by Crippen LogP contribution is 2.44. The smallest absolute Gasteiger partial charge is 0.407 e. The largest absolute Gasteiger partial charge is 0.481 e. The van der Waals surface area contributed by atoms with Crippen molar-refractivity contribution in [3.05, 3.63) is 59.7 Å². The number of terminal acetylenes is 1. The maximum atomic E-state index is 12.8. The van der Waals surface area contributed by atoms with Gasteiger partial charge in [0, 0.05) is 32.1 Å². The van der Waals surface area contributed by atoms with Gasteiger partial charge in [-0.15, -0.1) is 12.3 Å². The number of carboxylic acid groups (broad SMARTS) is 1. The first-order valence-corrected chi connectivity index (χ1v) is 11.6. The van der Waals surface area contributed by atoms with E-state index in [2.05, 4.69) is 16.6 Å². The van der Waals surface area contributed by atoms with Gasteiger partial charge in [-0.1, -0.05) is 48.5 Å². The van der Waals surface area contributed by atoms with E-state index in [0.29, 0.717) is 26.1 Å². The Bertz CT molecular complexity index is 1100. The summed E-state index contributed by atoms with van der Waals surface area (Å²) in [5, 5.41) is 14.9. The summed E-state index contributed by atoms with van der Waals surface area (Å²) in [7, 11) is 0. The summed E-state index contributed by atoms with van der Waals surface area (Å²) in [6.07, 6.45) is 5.17. The number of aliphatic carboxylic acids is 1. The van der Waals surface area contributed by atoms with Crippen LogP contribution in [-0.2, 0) is 19.1 Å². The fourth-order valence-corrected chi connectivity index (χ4v) is 4.72. The molecule has 1 aliphatic heterocycles. The number of carboxylic acids is 1. The minimum Gasteiger partial charge on any atom is -0.481 e. The Balaban J connectivity index is 1.37. The number of carbonyl (C=O) groups is 3. The number of nitrogens with one attached hydrogen (secondary N) is 2. The monoisotopic (exact) mass is 476 g/mol. The molecule has 4 rings (SSSR count). The molecule has 0 aromatic heterocycles. The third-order valence-electron chi connectivity index (χ3n) is 6.78. The topological polar surface area (TPSA) is 114 Å². The Morgan fingerprint density at radius 3 is 2.26 bits per heavy atom. The van der Waals surface area contributed by atoms with Crippen molar-refractivity contribution in [2.75, 3.05) is 26.4 Å². The average Bonchev–Trinajstić information content (AvgIpc) is 3.20. The maximum Gasteiger partial charge on any atom is 0.407 e. The van der Waals surface area contributed by atoms with Gasteiger partial charge < -0.3 is 25.2 Å². The normalized spacial score (nSPS) is 16.8. The molecular formula is C27H28N2O6. The zero-order chi connectivity index (χ0) is 24.8. The Morgan fingerprint density at radius 2 is 1.69 bits per heavy atom. The van der Waals surface area contributed by atoms with Crippen LogP contribution in [0.5, 0.6) is 0 Å². The van der Waals surface area contributed by atoms with Gasteiger partial charge in [0.2, 0.25) is 5.91 Å². The summed E-state index contributed by atoms with van der Waals surface area (Å²) in [4.78, 5) is 37.2. The van der Waals surface area contributed by atoms with Crippen LogP contribution < -0.4 is 10.6 Å². The third kappa shape index (κ3) is 5.15. The van der Waals surface area contributed by atoms with Crippen molar-refractivity contribution in [3.63, 3.8) is 0 Å². The van der Waals surface area contributed by atoms with Crippen molar-refractivity contribution in [1.82, 2.24) is 10.6 Å². The van der Waals surface area contributed by atoms with Crippen molar-refractivity contribution in [2.24, 2.45) is 5.41 Å². The SMILES string of the molecule is C#CCC(NC(=O)OCC1c2ccccc2-c2ccccc21)C(=O)NCC1(C(=O)O)CCOCC1. The van der Waals surface area contributed by atoms with Crippen LogP contribution in [-0.4, -0.2) is 55.5 Å². The highest BCUT2D eigenvalue weighted by Gasteiger charge is 2.41. The van der Waals surface area contributed by atoms with Gasteiger partial charge in [0.25, 0.3) is 0 Å². The van der Waals surface area contributed by atoms with Gasteiger partial charge in [0.05, 0.1) is 5.41 Å². The summed E-state index contributed by atoms with van der Waals surface area (Å²) < 4.78 is 10.8. The van der Waals surface area contributed by atoms with Gasteiger partial charge in [-0.05, 0) is 35.1 Å². The molecule has 8 nitrogen and oxygen atoms in total. The van der Waals surface area contributed by atoms with E-state index < -0.39 is 29.4 Å². The van der Waals surface area contributed by atoms with E-state index in [9.17, 15) is 19.5 Å². The van der Waals surface area contributed by atoms with E-state index in [-0.39, 0.29) is 25.5 Å². The first-order valence-electron chi connectivity index (χ1n) is 11.6. The van der Waals surface area contributed by atoms with E-state index >= 15 is 0 Å². The van der Waals surface area contributed by atoms with E-state index in [4.69, 9.17) is 15.9 Å². The molecule has 2 amide bonds. The lowest BCUT2D eigenvalue weighted by molar-refractivity contribution is -0.154. The average molecular weight is 477 g/mol. The van der Waals surface area contributed by atoms with Crippen LogP contribution in [0, 0.1) is 17.8 Å². The lowest BCUT2D eigenvalue weighted by Gasteiger charge is -2.33. The zero-order valence-electron chi connectivity index (χ0n) is 19.3. The molecule has 1 fully saturated rings. The minimum atomic E-state index is -1.10. The number of ether oxygens (including phenoxy) is 2. The summed E-state index contributed by atoms with van der Waals surface area (Å²) in [5.74, 6) is 0.727. The molecule has 0 saturated carbocycles. The molecule has 1 saturated heterocycles. The van der Waals surface area contributed by atoms with Gasteiger partial charge in [-0.2, -0.15) is 0 Å². The van der Waals surface area contributed by atoms with Crippen LogP contribution in [0.2, 0.25) is 0 Å². The quantitative estimate of drug-likeness (QED) is 0.505. The number of rotatable bonds is 8. The second kappa shape index (κ2) is 10.6. The number of carbonyl (C=O) groups excluding carboxylic acids is 2. The van der Waals surface area contributed by atoms with Crippen molar-refractivity contribution in [1.29, 1.82) is 0 Å². The first-order chi connectivity index (χ1) is 16.9. The Labute approximate surface area is 204 Å². The summed E-state index contributed by atoms with van der Waals surface area (Å²) in [6, 6.07) is 14.9. The number of fused-ring (bicyclic) bond motifs is 3. The van der Waals surface area contributed by atoms with Crippen LogP contribution in [0.25, 0.3) is 11.1 Å². The second-order valence-corrected chi connectivity index (χ2v) is 8.85. The van der Waals surface area contributed by atoms with Gasteiger partial charge in [0.1, 0.15) is 12.6 Å². The molecule has 35 heavy (non-hydrogen) atoms. The molecule has 3 N–H and O–H groups in total. The van der Waals surface area contributed by atoms with Crippen LogP contribution in [0.1, 0.15) is 36.3 Å². The van der Waals surface area contributed by atoms with E-state index in [1.165, 1.54) is 0 Å². The number of benzene rings is 2. The molecule has 1 atom stereocenters. The number of hydrogen-bond acceptors (Lipinski definition) is 5. The predicted octanol–water partition coefficient (Wildman–Crippen LogP) is 2.91. The van der Waals surface area contributed by atoms with Crippen molar-refractivity contribution in [3.8, 4) is 23.5 Å². The lowest BCUT2D eigenvalue weighted by Crippen LogP contribution is -2.52. The molecule has 8 heteroatoms. The molecule has 2 aliphatic rings. The Kier molecular flexibility index (Phi) is 7.37. The van der Waals surface area contributed by atoms with E-state index in [1.54, 1.807) is 0 Å². The van der Waals surface area contributed by atoms with Crippen molar-refractivity contribution in [2.45, 2.75) is 31.2 Å². The first kappa shape index (κ1) is 24.3. The molecule has 1 unspecified atom stereocenters. The molecule has 2 aromatic carbocycles. The number of alkyl carbamates (subject to hydrolysis) is 1. The summed E-state index contributed by atoms with van der Waals surface area (Å²) in [6.45, 7) is 0.659. The van der Waals surface area contributed by atoms with Gasteiger partial charge >= 0.3 is 12.1 Å². The molecule has 0 spiro atoms. The number of hydrogen-bond donors (Lipinski definition) is 3. The fraction of sp³-hybridized carbons (Fsp3) is 0.370. The molecule has 0 bridgehead atoms. The van der Waals surface area contributed by atoms with Crippen LogP contribution >= 0.6 is 0 Å². The van der Waals surface area contributed by atoms with Crippen LogP contribution in [0.3, 0.4) is 0 Å². The van der Waals surface area contributed by atoms with Gasteiger partial charge in [0.15, 0.2) is 0 Å². The molecule has 0 radical (unpaired) electrons. The molecule has 1 aliphatic carbocycles. The predicted molar refractivity (Wildman–Crippen MR) is 129 cm³/mol. The number of amides is 2. The fourth-order valence-electron chi connectivity index (χ4n) is 4.72. The van der Waals surface area contributed by atoms with Crippen molar-refractivity contribution < 1.29 is 29.0 Å². The van der Waals surface area contributed by atoms with Crippen molar-refractivity contribution >= 4 is 18.0 Å². The standard InChI is InChI=1S/C27H28N2O6/c1-2-7-23(24(30)28-17-27(25(31)32)12-14-34-15-13-27)29-26(33)35-16-22-20-10-5-3-8-18(20)19-9-4-6-11-21(19)22/h1,3-6,8-11,22-23H,7,12-17H2,(H,28,30)(H,29,33)(H,31,32). The van der Waals surface area contributed by atoms with Crippen LogP contribution in [0.15, 0.2) is 48.5 Å². The molecule has 182 valence electrons.